The fraction of sp³-hybridized carbons (Fsp3) is 0.200. The maximum Gasteiger partial charge on any atom is 0.337 e. The van der Waals surface area contributed by atoms with E-state index in [0.717, 1.165) is 24.8 Å². The standard InChI is InChI=1S/C20H18ClNO3/c21-16-9-10-18(17(12-16)20(24)25)22-19(23)15-8-4-7-14(11-15)13-5-2-1-3-6-13/h4-5,7-12H,1-3,6H2,(H,22,23)(H,24,25). The summed E-state index contributed by atoms with van der Waals surface area (Å²) in [4.78, 5) is 23.9. The number of rotatable bonds is 4. The zero-order valence-corrected chi connectivity index (χ0v) is 14.3. The first kappa shape index (κ1) is 17.2. The van der Waals surface area contributed by atoms with Crippen LogP contribution in [0.1, 0.15) is 52.0 Å². The van der Waals surface area contributed by atoms with Crippen LogP contribution in [0.25, 0.3) is 5.57 Å². The highest BCUT2D eigenvalue weighted by Gasteiger charge is 2.15. The van der Waals surface area contributed by atoms with Gasteiger partial charge in [-0.05, 0) is 67.2 Å². The van der Waals surface area contributed by atoms with E-state index in [1.165, 1.54) is 24.1 Å². The van der Waals surface area contributed by atoms with Gasteiger partial charge in [-0.3, -0.25) is 4.79 Å². The summed E-state index contributed by atoms with van der Waals surface area (Å²) < 4.78 is 0. The number of carbonyl (C=O) groups is 2. The average molecular weight is 356 g/mol. The molecule has 0 unspecified atom stereocenters. The van der Waals surface area contributed by atoms with E-state index in [0.29, 0.717) is 10.6 Å². The van der Waals surface area contributed by atoms with Crippen molar-refractivity contribution >= 4 is 34.7 Å². The second kappa shape index (κ2) is 7.53. The van der Waals surface area contributed by atoms with E-state index >= 15 is 0 Å². The Morgan fingerprint density at radius 1 is 1.08 bits per heavy atom. The molecular weight excluding hydrogens is 338 g/mol. The molecule has 2 aromatic carbocycles. The number of carboxylic acids is 1. The maximum absolute atomic E-state index is 12.6. The van der Waals surface area contributed by atoms with Gasteiger partial charge in [0.1, 0.15) is 0 Å². The van der Waals surface area contributed by atoms with Crippen LogP contribution in [0.5, 0.6) is 0 Å². The molecule has 0 aromatic heterocycles. The molecule has 3 rings (SSSR count). The molecule has 1 aliphatic carbocycles. The molecule has 128 valence electrons. The van der Waals surface area contributed by atoms with Crippen molar-refractivity contribution in [3.8, 4) is 0 Å². The van der Waals surface area contributed by atoms with Gasteiger partial charge in [-0.15, -0.1) is 0 Å². The summed E-state index contributed by atoms with van der Waals surface area (Å²) in [5.74, 6) is -1.48. The van der Waals surface area contributed by atoms with Crippen molar-refractivity contribution in [2.75, 3.05) is 5.32 Å². The molecular formula is C20H18ClNO3. The van der Waals surface area contributed by atoms with Gasteiger partial charge < -0.3 is 10.4 Å². The van der Waals surface area contributed by atoms with E-state index in [1.54, 1.807) is 12.1 Å². The second-order valence-corrected chi connectivity index (χ2v) is 6.44. The Kier molecular flexibility index (Phi) is 5.19. The highest BCUT2D eigenvalue weighted by Crippen LogP contribution is 2.27. The zero-order valence-electron chi connectivity index (χ0n) is 13.6. The van der Waals surface area contributed by atoms with Crippen molar-refractivity contribution in [1.82, 2.24) is 0 Å². The second-order valence-electron chi connectivity index (χ2n) is 6.01. The largest absolute Gasteiger partial charge is 0.478 e. The molecule has 0 aliphatic heterocycles. The minimum absolute atomic E-state index is 0.0352. The van der Waals surface area contributed by atoms with E-state index < -0.39 is 5.97 Å². The van der Waals surface area contributed by atoms with Crippen molar-refractivity contribution in [2.45, 2.75) is 25.7 Å². The van der Waals surface area contributed by atoms with Gasteiger partial charge >= 0.3 is 5.97 Å². The van der Waals surface area contributed by atoms with Crippen molar-refractivity contribution < 1.29 is 14.7 Å². The van der Waals surface area contributed by atoms with Crippen molar-refractivity contribution in [3.05, 3.63) is 70.3 Å². The van der Waals surface area contributed by atoms with Crippen molar-refractivity contribution in [3.63, 3.8) is 0 Å². The van der Waals surface area contributed by atoms with Crippen LogP contribution in [0.3, 0.4) is 0 Å². The minimum Gasteiger partial charge on any atom is -0.478 e. The van der Waals surface area contributed by atoms with Gasteiger partial charge in [-0.2, -0.15) is 0 Å². The van der Waals surface area contributed by atoms with E-state index in [1.807, 2.05) is 18.2 Å². The third kappa shape index (κ3) is 4.09. The number of hydrogen-bond acceptors (Lipinski definition) is 2. The summed E-state index contributed by atoms with van der Waals surface area (Å²) in [6.07, 6.45) is 6.68. The van der Waals surface area contributed by atoms with E-state index in [2.05, 4.69) is 11.4 Å². The molecule has 0 saturated carbocycles. The highest BCUT2D eigenvalue weighted by atomic mass is 35.5. The highest BCUT2D eigenvalue weighted by molar-refractivity contribution is 6.31. The van der Waals surface area contributed by atoms with Crippen molar-refractivity contribution in [2.24, 2.45) is 0 Å². The minimum atomic E-state index is -1.14. The Balaban J connectivity index is 1.85. The van der Waals surface area contributed by atoms with E-state index in [9.17, 15) is 14.7 Å². The molecule has 0 bridgehead atoms. The molecule has 2 N–H and O–H groups in total. The third-order valence-electron chi connectivity index (χ3n) is 4.25. The molecule has 4 nitrogen and oxygen atoms in total. The van der Waals surface area contributed by atoms with Crippen LogP contribution in [0.2, 0.25) is 5.02 Å². The summed E-state index contributed by atoms with van der Waals surface area (Å²) in [5.41, 5.74) is 2.99. The number of anilines is 1. The van der Waals surface area contributed by atoms with Crippen LogP contribution >= 0.6 is 11.6 Å². The molecule has 0 atom stereocenters. The number of allylic oxidation sites excluding steroid dienone is 2. The first-order valence-corrected chi connectivity index (χ1v) is 8.56. The van der Waals surface area contributed by atoms with Crippen molar-refractivity contribution in [1.29, 1.82) is 0 Å². The molecule has 0 saturated heterocycles. The predicted molar refractivity (Wildman–Crippen MR) is 99.3 cm³/mol. The first-order chi connectivity index (χ1) is 12.0. The number of halogens is 1. The summed E-state index contributed by atoms with van der Waals surface area (Å²) in [6.45, 7) is 0. The average Bonchev–Trinajstić information content (AvgIpc) is 2.64. The Morgan fingerprint density at radius 3 is 2.64 bits per heavy atom. The van der Waals surface area contributed by atoms with Crippen LogP contribution in [-0.4, -0.2) is 17.0 Å². The molecule has 25 heavy (non-hydrogen) atoms. The number of aromatic carboxylic acids is 1. The third-order valence-corrected chi connectivity index (χ3v) is 4.48. The summed E-state index contributed by atoms with van der Waals surface area (Å²) in [5, 5.41) is 12.2. The van der Waals surface area contributed by atoms with E-state index in [-0.39, 0.29) is 17.2 Å². The maximum atomic E-state index is 12.6. The van der Waals surface area contributed by atoms with Crippen LogP contribution in [0.4, 0.5) is 5.69 Å². The van der Waals surface area contributed by atoms with Crippen LogP contribution < -0.4 is 5.32 Å². The van der Waals surface area contributed by atoms with Gasteiger partial charge in [0.25, 0.3) is 5.91 Å². The quantitative estimate of drug-likeness (QED) is 0.787. The Bertz CT molecular complexity index is 858. The molecule has 2 aromatic rings. The fourth-order valence-corrected chi connectivity index (χ4v) is 3.13. The topological polar surface area (TPSA) is 66.4 Å². The predicted octanol–water partition coefficient (Wildman–Crippen LogP) is 5.25. The zero-order chi connectivity index (χ0) is 17.8. The summed E-state index contributed by atoms with van der Waals surface area (Å²) in [6, 6.07) is 11.8. The molecule has 0 spiro atoms. The SMILES string of the molecule is O=C(Nc1ccc(Cl)cc1C(=O)O)c1cccc(C2=CCCCC2)c1. The molecule has 1 amide bonds. The summed E-state index contributed by atoms with van der Waals surface area (Å²) in [7, 11) is 0. The lowest BCUT2D eigenvalue weighted by Crippen LogP contribution is -2.15. The van der Waals surface area contributed by atoms with Crippen LogP contribution in [0.15, 0.2) is 48.5 Å². The Labute approximate surface area is 151 Å². The molecule has 5 heteroatoms. The number of benzene rings is 2. The Morgan fingerprint density at radius 2 is 1.92 bits per heavy atom. The fourth-order valence-electron chi connectivity index (χ4n) is 2.96. The van der Waals surface area contributed by atoms with Gasteiger partial charge in [0.05, 0.1) is 11.3 Å². The smallest absolute Gasteiger partial charge is 0.337 e. The van der Waals surface area contributed by atoms with Crippen LogP contribution in [0, 0.1) is 0 Å². The molecule has 0 fully saturated rings. The number of carbonyl (C=O) groups excluding carboxylic acids is 1. The normalized spacial score (nSPS) is 13.9. The molecule has 0 radical (unpaired) electrons. The first-order valence-electron chi connectivity index (χ1n) is 8.18. The lowest BCUT2D eigenvalue weighted by Gasteiger charge is -2.14. The number of amides is 1. The van der Waals surface area contributed by atoms with Gasteiger partial charge in [-0.25, -0.2) is 4.79 Å². The number of carboxylic acid groups (broad SMARTS) is 1. The number of nitrogens with one attached hydrogen (secondary N) is 1. The monoisotopic (exact) mass is 355 g/mol. The lowest BCUT2D eigenvalue weighted by molar-refractivity contribution is 0.0698. The Hall–Kier alpha value is -2.59. The van der Waals surface area contributed by atoms with E-state index in [4.69, 9.17) is 11.6 Å². The summed E-state index contributed by atoms with van der Waals surface area (Å²) >= 11 is 5.84. The lowest BCUT2D eigenvalue weighted by atomic mass is 9.93. The van der Waals surface area contributed by atoms with Gasteiger partial charge in [0, 0.05) is 10.6 Å². The molecule has 1 aliphatic rings. The molecule has 0 heterocycles. The van der Waals surface area contributed by atoms with Gasteiger partial charge in [0.2, 0.25) is 0 Å². The van der Waals surface area contributed by atoms with Crippen LogP contribution in [-0.2, 0) is 0 Å². The van der Waals surface area contributed by atoms with Gasteiger partial charge in [0.15, 0.2) is 0 Å². The number of hydrogen-bond donors (Lipinski definition) is 2. The van der Waals surface area contributed by atoms with Gasteiger partial charge in [-0.1, -0.05) is 29.8 Å².